The molecule has 0 N–H and O–H groups in total. The molecule has 0 aromatic rings. The average molecular weight is 237 g/mol. The number of rotatable bonds is 0. The zero-order valence-electron chi connectivity index (χ0n) is 10.7. The summed E-state index contributed by atoms with van der Waals surface area (Å²) in [7, 11) is 0. The van der Waals surface area contributed by atoms with Crippen molar-refractivity contribution in [2.45, 2.75) is 39.2 Å². The minimum absolute atomic E-state index is 0.156. The van der Waals surface area contributed by atoms with Gasteiger partial charge in [0.1, 0.15) is 5.60 Å². The van der Waals surface area contributed by atoms with E-state index in [2.05, 4.69) is 0 Å². The Balaban J connectivity index is 1.92. The van der Waals surface area contributed by atoms with E-state index in [0.29, 0.717) is 13.1 Å². The maximum atomic E-state index is 11.8. The van der Waals surface area contributed by atoms with Crippen molar-refractivity contribution in [3.05, 3.63) is 12.2 Å². The molecule has 0 radical (unpaired) electrons. The van der Waals surface area contributed by atoms with Crippen LogP contribution in [0.1, 0.15) is 33.6 Å². The number of ether oxygens (including phenoxy) is 1. The predicted molar refractivity (Wildman–Crippen MR) is 63.6 cm³/mol. The first-order valence-corrected chi connectivity index (χ1v) is 6.01. The average Bonchev–Trinajstić information content (AvgIpc) is 2.12. The number of likely N-dealkylation sites (tertiary alicyclic amines) is 1. The van der Waals surface area contributed by atoms with Crippen LogP contribution in [0, 0.1) is 5.41 Å². The molecule has 1 spiro atoms. The zero-order chi connectivity index (χ0) is 12.7. The molecule has 0 atom stereocenters. The summed E-state index contributed by atoms with van der Waals surface area (Å²) in [6.45, 7) is 6.54. The van der Waals surface area contributed by atoms with Crippen molar-refractivity contribution in [2.75, 3.05) is 13.1 Å². The third-order valence-electron chi connectivity index (χ3n) is 3.22. The van der Waals surface area contributed by atoms with Crippen LogP contribution in [-0.4, -0.2) is 35.5 Å². The lowest BCUT2D eigenvalue weighted by molar-refractivity contribution is -0.134. The van der Waals surface area contributed by atoms with E-state index in [1.165, 1.54) is 0 Å². The van der Waals surface area contributed by atoms with Crippen molar-refractivity contribution in [2.24, 2.45) is 5.41 Å². The highest BCUT2D eigenvalue weighted by Crippen LogP contribution is 2.39. The van der Waals surface area contributed by atoms with Crippen LogP contribution in [0.3, 0.4) is 0 Å². The Labute approximate surface area is 102 Å². The summed E-state index contributed by atoms with van der Waals surface area (Å²) in [4.78, 5) is 25.1. The highest BCUT2D eigenvalue weighted by molar-refractivity contribution is 5.97. The molecule has 0 aromatic carbocycles. The van der Waals surface area contributed by atoms with Gasteiger partial charge in [-0.1, -0.05) is 6.08 Å². The second-order valence-corrected chi connectivity index (χ2v) is 5.92. The van der Waals surface area contributed by atoms with Gasteiger partial charge in [-0.3, -0.25) is 4.79 Å². The topological polar surface area (TPSA) is 46.6 Å². The van der Waals surface area contributed by atoms with E-state index in [1.54, 1.807) is 11.0 Å². The van der Waals surface area contributed by atoms with E-state index in [-0.39, 0.29) is 17.3 Å². The van der Waals surface area contributed by atoms with Crippen molar-refractivity contribution in [3.63, 3.8) is 0 Å². The van der Waals surface area contributed by atoms with E-state index in [9.17, 15) is 9.59 Å². The Morgan fingerprint density at radius 1 is 1.41 bits per heavy atom. The lowest BCUT2D eigenvalue weighted by Crippen LogP contribution is -2.62. The summed E-state index contributed by atoms with van der Waals surface area (Å²) >= 11 is 0. The molecular weight excluding hydrogens is 218 g/mol. The van der Waals surface area contributed by atoms with Crippen LogP contribution in [0.5, 0.6) is 0 Å². The van der Waals surface area contributed by atoms with E-state index in [1.807, 2.05) is 26.8 Å². The molecular formula is C13H19NO3. The van der Waals surface area contributed by atoms with Gasteiger partial charge in [-0.25, -0.2) is 4.79 Å². The minimum atomic E-state index is -0.476. The van der Waals surface area contributed by atoms with Gasteiger partial charge in [0, 0.05) is 13.1 Å². The lowest BCUT2D eigenvalue weighted by Gasteiger charge is -2.49. The molecule has 1 heterocycles. The summed E-state index contributed by atoms with van der Waals surface area (Å²) in [5, 5.41) is 0. The predicted octanol–water partition coefficient (Wildman–Crippen LogP) is 2.14. The first-order chi connectivity index (χ1) is 7.82. The highest BCUT2D eigenvalue weighted by atomic mass is 16.6. The minimum Gasteiger partial charge on any atom is -0.444 e. The molecule has 2 rings (SSSR count). The van der Waals surface area contributed by atoms with Crippen molar-refractivity contribution >= 4 is 11.9 Å². The Hall–Kier alpha value is -1.32. The molecule has 0 unspecified atom stereocenters. The van der Waals surface area contributed by atoms with Crippen molar-refractivity contribution in [1.82, 2.24) is 4.90 Å². The van der Waals surface area contributed by atoms with E-state index in [4.69, 9.17) is 4.74 Å². The quantitative estimate of drug-likeness (QED) is 0.648. The third-order valence-corrected chi connectivity index (χ3v) is 3.22. The summed E-state index contributed by atoms with van der Waals surface area (Å²) < 4.78 is 5.27. The molecule has 17 heavy (non-hydrogen) atoms. The largest absolute Gasteiger partial charge is 0.444 e. The molecule has 1 aliphatic carbocycles. The van der Waals surface area contributed by atoms with E-state index in [0.717, 1.165) is 12.8 Å². The fourth-order valence-corrected chi connectivity index (χ4v) is 2.30. The monoisotopic (exact) mass is 237 g/mol. The molecule has 1 fully saturated rings. The zero-order valence-corrected chi connectivity index (χ0v) is 10.7. The van der Waals surface area contributed by atoms with Gasteiger partial charge in [0.05, 0.1) is 5.41 Å². The van der Waals surface area contributed by atoms with Crippen molar-refractivity contribution < 1.29 is 14.3 Å². The SMILES string of the molecule is CC(C)(C)OC(=O)N1CC2(CCC=CC2=O)C1. The van der Waals surface area contributed by atoms with Gasteiger partial charge >= 0.3 is 6.09 Å². The summed E-state index contributed by atoms with van der Waals surface area (Å²) in [5.41, 5.74) is -0.790. The standard InChI is InChI=1S/C13H19NO3/c1-12(2,3)17-11(16)14-8-13(9-14)7-5-4-6-10(13)15/h4,6H,5,7-9H2,1-3H3. The number of carbonyl (C=O) groups excluding carboxylic acids is 2. The van der Waals surface area contributed by atoms with Gasteiger partial charge < -0.3 is 9.64 Å². The van der Waals surface area contributed by atoms with Crippen LogP contribution in [0.25, 0.3) is 0 Å². The number of allylic oxidation sites excluding steroid dienone is 2. The molecule has 0 bridgehead atoms. The summed E-state index contributed by atoms with van der Waals surface area (Å²) in [6.07, 6.45) is 5.01. The molecule has 0 saturated carbocycles. The first-order valence-electron chi connectivity index (χ1n) is 6.01. The molecule has 4 heteroatoms. The van der Waals surface area contributed by atoms with E-state index < -0.39 is 5.60 Å². The van der Waals surface area contributed by atoms with Gasteiger partial charge in [-0.15, -0.1) is 0 Å². The molecule has 2 aliphatic rings. The smallest absolute Gasteiger partial charge is 0.410 e. The number of ketones is 1. The van der Waals surface area contributed by atoms with Crippen LogP contribution in [-0.2, 0) is 9.53 Å². The van der Waals surface area contributed by atoms with Crippen LogP contribution >= 0.6 is 0 Å². The maximum absolute atomic E-state index is 11.8. The number of hydrogen-bond acceptors (Lipinski definition) is 3. The normalized spacial score (nSPS) is 22.5. The van der Waals surface area contributed by atoms with Gasteiger partial charge in [0.25, 0.3) is 0 Å². The summed E-state index contributed by atoms with van der Waals surface area (Å²) in [6, 6.07) is 0. The second-order valence-electron chi connectivity index (χ2n) is 5.92. The van der Waals surface area contributed by atoms with Crippen molar-refractivity contribution in [3.8, 4) is 0 Å². The lowest BCUT2D eigenvalue weighted by atomic mass is 9.70. The molecule has 1 amide bonds. The van der Waals surface area contributed by atoms with Crippen LogP contribution in [0.15, 0.2) is 12.2 Å². The van der Waals surface area contributed by atoms with Crippen LogP contribution in [0.4, 0.5) is 4.79 Å². The summed E-state index contributed by atoms with van der Waals surface area (Å²) in [5.74, 6) is 0.156. The number of amides is 1. The molecule has 0 aromatic heterocycles. The molecule has 94 valence electrons. The van der Waals surface area contributed by atoms with Gasteiger partial charge in [0.15, 0.2) is 5.78 Å². The highest BCUT2D eigenvalue weighted by Gasteiger charge is 2.50. The number of carbonyl (C=O) groups is 2. The van der Waals surface area contributed by atoms with Crippen LogP contribution in [0.2, 0.25) is 0 Å². The number of nitrogens with zero attached hydrogens (tertiary/aromatic N) is 1. The maximum Gasteiger partial charge on any atom is 0.410 e. The van der Waals surface area contributed by atoms with Gasteiger partial charge in [0.2, 0.25) is 0 Å². The number of hydrogen-bond donors (Lipinski definition) is 0. The van der Waals surface area contributed by atoms with Crippen molar-refractivity contribution in [1.29, 1.82) is 0 Å². The Kier molecular flexibility index (Phi) is 2.76. The Morgan fingerprint density at radius 3 is 2.59 bits per heavy atom. The Morgan fingerprint density at radius 2 is 2.06 bits per heavy atom. The molecule has 4 nitrogen and oxygen atoms in total. The second kappa shape index (κ2) is 3.86. The Bertz CT molecular complexity index is 373. The fourth-order valence-electron chi connectivity index (χ4n) is 2.30. The molecule has 1 saturated heterocycles. The third kappa shape index (κ3) is 2.35. The molecule has 1 aliphatic heterocycles. The van der Waals surface area contributed by atoms with Gasteiger partial charge in [-0.05, 0) is 39.7 Å². The van der Waals surface area contributed by atoms with Gasteiger partial charge in [-0.2, -0.15) is 0 Å². The van der Waals surface area contributed by atoms with Crippen LogP contribution < -0.4 is 0 Å². The first kappa shape index (κ1) is 12.1. The van der Waals surface area contributed by atoms with E-state index >= 15 is 0 Å². The fraction of sp³-hybridized carbons (Fsp3) is 0.692.